The van der Waals surface area contributed by atoms with Crippen LogP contribution in [0.5, 0.6) is 0 Å². The first kappa shape index (κ1) is 16.0. The van der Waals surface area contributed by atoms with Crippen molar-refractivity contribution in [2.75, 3.05) is 0 Å². The van der Waals surface area contributed by atoms with Crippen LogP contribution in [0.1, 0.15) is 62.9 Å². The summed E-state index contributed by atoms with van der Waals surface area (Å²) in [6.45, 7) is 10.6. The van der Waals surface area contributed by atoms with Crippen LogP contribution >= 0.6 is 0 Å². The highest BCUT2D eigenvalue weighted by Crippen LogP contribution is 2.45. The van der Waals surface area contributed by atoms with E-state index in [0.717, 1.165) is 19.3 Å². The van der Waals surface area contributed by atoms with E-state index in [-0.39, 0.29) is 28.3 Å². The molecule has 0 radical (unpaired) electrons. The van der Waals surface area contributed by atoms with E-state index in [1.165, 1.54) is 0 Å². The fraction of sp³-hybridized carbons (Fsp3) is 0.611. The number of rotatable bonds is 2. The van der Waals surface area contributed by atoms with Crippen molar-refractivity contribution in [3.05, 3.63) is 35.1 Å². The van der Waals surface area contributed by atoms with Crippen molar-refractivity contribution in [3.8, 4) is 0 Å². The zero-order valence-corrected chi connectivity index (χ0v) is 13.7. The van der Waals surface area contributed by atoms with Crippen molar-refractivity contribution >= 4 is 5.91 Å². The molecule has 2 rings (SSSR count). The van der Waals surface area contributed by atoms with E-state index < -0.39 is 5.82 Å². The standard InChI is InChI=1S/C18H26FNO/c1-12-7-6-8-14(15(12)19)16(21)20-13-9-17(2,3)11-18(4,5)10-13/h6-8,13H,9-11H2,1-5H3,(H,20,21). The average Bonchev–Trinajstić information content (AvgIpc) is 2.28. The quantitative estimate of drug-likeness (QED) is 0.856. The molecular weight excluding hydrogens is 265 g/mol. The van der Waals surface area contributed by atoms with Gasteiger partial charge in [0, 0.05) is 6.04 Å². The van der Waals surface area contributed by atoms with Crippen molar-refractivity contribution in [1.82, 2.24) is 5.32 Å². The Hall–Kier alpha value is -1.38. The van der Waals surface area contributed by atoms with E-state index in [1.54, 1.807) is 25.1 Å². The summed E-state index contributed by atoms with van der Waals surface area (Å²) in [6, 6.07) is 5.06. The van der Waals surface area contributed by atoms with Crippen LogP contribution in [-0.2, 0) is 0 Å². The van der Waals surface area contributed by atoms with Crippen LogP contribution in [0.25, 0.3) is 0 Å². The molecule has 0 unspecified atom stereocenters. The Morgan fingerprint density at radius 3 is 2.33 bits per heavy atom. The third kappa shape index (κ3) is 3.84. The molecular formula is C18H26FNO. The van der Waals surface area contributed by atoms with Crippen LogP contribution in [0.4, 0.5) is 4.39 Å². The number of nitrogens with one attached hydrogen (secondary N) is 1. The lowest BCUT2D eigenvalue weighted by Crippen LogP contribution is -2.46. The first-order valence-corrected chi connectivity index (χ1v) is 7.66. The molecule has 0 saturated heterocycles. The third-order valence-corrected chi connectivity index (χ3v) is 4.33. The topological polar surface area (TPSA) is 29.1 Å². The van der Waals surface area contributed by atoms with E-state index in [1.807, 2.05) is 0 Å². The minimum absolute atomic E-state index is 0.108. The highest BCUT2D eigenvalue weighted by molar-refractivity contribution is 5.94. The summed E-state index contributed by atoms with van der Waals surface area (Å²) in [4.78, 5) is 12.4. The summed E-state index contributed by atoms with van der Waals surface area (Å²) in [5.41, 5.74) is 1.05. The van der Waals surface area contributed by atoms with Gasteiger partial charge < -0.3 is 5.32 Å². The molecule has 1 fully saturated rings. The maximum Gasteiger partial charge on any atom is 0.254 e. The number of hydrogen-bond acceptors (Lipinski definition) is 1. The Balaban J connectivity index is 2.14. The predicted molar refractivity (Wildman–Crippen MR) is 83.8 cm³/mol. The van der Waals surface area contributed by atoms with E-state index in [2.05, 4.69) is 33.0 Å². The number of carbonyl (C=O) groups is 1. The number of carbonyl (C=O) groups excluding carboxylic acids is 1. The molecule has 1 aliphatic carbocycles. The molecule has 0 aromatic heterocycles. The molecule has 1 amide bonds. The third-order valence-electron chi connectivity index (χ3n) is 4.33. The normalized spacial score (nSPS) is 21.0. The zero-order valence-electron chi connectivity index (χ0n) is 13.7. The van der Waals surface area contributed by atoms with Crippen molar-refractivity contribution in [1.29, 1.82) is 0 Å². The van der Waals surface area contributed by atoms with Gasteiger partial charge in [0.25, 0.3) is 5.91 Å². The maximum absolute atomic E-state index is 14.0. The van der Waals surface area contributed by atoms with Gasteiger partial charge in [-0.25, -0.2) is 4.39 Å². The molecule has 1 N–H and O–H groups in total. The number of aryl methyl sites for hydroxylation is 1. The van der Waals surface area contributed by atoms with Gasteiger partial charge in [0.05, 0.1) is 5.56 Å². The van der Waals surface area contributed by atoms with Gasteiger partial charge >= 0.3 is 0 Å². The zero-order chi connectivity index (χ0) is 15.8. The Labute approximate surface area is 127 Å². The largest absolute Gasteiger partial charge is 0.349 e. The average molecular weight is 291 g/mol. The van der Waals surface area contributed by atoms with Crippen molar-refractivity contribution < 1.29 is 9.18 Å². The summed E-state index contributed by atoms with van der Waals surface area (Å²) in [6.07, 6.45) is 3.02. The van der Waals surface area contributed by atoms with E-state index in [0.29, 0.717) is 5.56 Å². The van der Waals surface area contributed by atoms with Crippen LogP contribution < -0.4 is 5.32 Å². The summed E-state index contributed by atoms with van der Waals surface area (Å²) < 4.78 is 14.0. The van der Waals surface area contributed by atoms with Crippen molar-refractivity contribution in [3.63, 3.8) is 0 Å². The second kappa shape index (κ2) is 5.43. The molecule has 1 aromatic carbocycles. The van der Waals surface area contributed by atoms with E-state index in [4.69, 9.17) is 0 Å². The lowest BCUT2D eigenvalue weighted by atomic mass is 9.63. The Morgan fingerprint density at radius 1 is 1.19 bits per heavy atom. The maximum atomic E-state index is 14.0. The molecule has 0 spiro atoms. The van der Waals surface area contributed by atoms with E-state index in [9.17, 15) is 9.18 Å². The summed E-state index contributed by atoms with van der Waals surface area (Å²) in [5.74, 6) is -0.709. The molecule has 3 heteroatoms. The molecule has 0 bridgehead atoms. The van der Waals surface area contributed by atoms with Gasteiger partial charge in [0.2, 0.25) is 0 Å². The molecule has 1 saturated carbocycles. The lowest BCUT2D eigenvalue weighted by Gasteiger charge is -2.45. The first-order valence-electron chi connectivity index (χ1n) is 7.66. The molecule has 116 valence electrons. The number of hydrogen-bond donors (Lipinski definition) is 1. The van der Waals surface area contributed by atoms with Gasteiger partial charge in [-0.15, -0.1) is 0 Å². The molecule has 0 atom stereocenters. The molecule has 0 heterocycles. The van der Waals surface area contributed by atoms with Gasteiger partial charge in [0.1, 0.15) is 5.82 Å². The molecule has 2 nitrogen and oxygen atoms in total. The predicted octanol–water partition coefficient (Wildman–Crippen LogP) is 4.47. The Morgan fingerprint density at radius 2 is 1.76 bits per heavy atom. The number of benzene rings is 1. The van der Waals surface area contributed by atoms with Gasteiger partial charge in [-0.05, 0) is 48.6 Å². The van der Waals surface area contributed by atoms with Crippen LogP contribution in [0.2, 0.25) is 0 Å². The van der Waals surface area contributed by atoms with Gasteiger partial charge in [0.15, 0.2) is 0 Å². The fourth-order valence-corrected chi connectivity index (χ4v) is 4.03. The van der Waals surface area contributed by atoms with E-state index >= 15 is 0 Å². The SMILES string of the molecule is Cc1cccc(C(=O)NC2CC(C)(C)CC(C)(C)C2)c1F. The Kier molecular flexibility index (Phi) is 4.14. The molecule has 0 aliphatic heterocycles. The molecule has 1 aromatic rings. The van der Waals surface area contributed by atoms with Crippen LogP contribution in [0, 0.1) is 23.6 Å². The summed E-state index contributed by atoms with van der Waals surface area (Å²) in [7, 11) is 0. The van der Waals surface area contributed by atoms with Gasteiger partial charge in [-0.1, -0.05) is 39.8 Å². The van der Waals surface area contributed by atoms with Gasteiger partial charge in [-0.2, -0.15) is 0 Å². The monoisotopic (exact) mass is 291 g/mol. The van der Waals surface area contributed by atoms with Crippen LogP contribution in [0.15, 0.2) is 18.2 Å². The lowest BCUT2D eigenvalue weighted by molar-refractivity contribution is 0.0711. The minimum atomic E-state index is -0.413. The second-order valence-corrected chi connectivity index (χ2v) is 8.02. The molecule has 21 heavy (non-hydrogen) atoms. The van der Waals surface area contributed by atoms with Crippen LogP contribution in [0.3, 0.4) is 0 Å². The summed E-state index contributed by atoms with van der Waals surface area (Å²) >= 11 is 0. The molecule has 1 aliphatic rings. The first-order chi connectivity index (χ1) is 9.60. The van der Waals surface area contributed by atoms with Gasteiger partial charge in [-0.3, -0.25) is 4.79 Å². The fourth-order valence-electron chi connectivity index (χ4n) is 4.03. The minimum Gasteiger partial charge on any atom is -0.349 e. The smallest absolute Gasteiger partial charge is 0.254 e. The highest BCUT2D eigenvalue weighted by atomic mass is 19.1. The second-order valence-electron chi connectivity index (χ2n) is 8.02. The Bertz CT molecular complexity index is 532. The number of halogens is 1. The van der Waals surface area contributed by atoms with Crippen molar-refractivity contribution in [2.24, 2.45) is 10.8 Å². The number of amides is 1. The highest BCUT2D eigenvalue weighted by Gasteiger charge is 2.39. The van der Waals surface area contributed by atoms with Crippen molar-refractivity contribution in [2.45, 2.75) is 59.9 Å². The summed E-state index contributed by atoms with van der Waals surface area (Å²) in [5, 5.41) is 3.04. The van der Waals surface area contributed by atoms with Crippen LogP contribution in [-0.4, -0.2) is 11.9 Å².